The number of nitrogens with one attached hydrogen (secondary N) is 2. The zero-order chi connectivity index (χ0) is 20.9. The van der Waals surface area contributed by atoms with E-state index >= 15 is 0 Å². The number of phenols is 1. The van der Waals surface area contributed by atoms with Crippen LogP contribution in [-0.2, 0) is 11.2 Å². The van der Waals surface area contributed by atoms with Crippen molar-refractivity contribution in [2.45, 2.75) is 38.8 Å². The van der Waals surface area contributed by atoms with E-state index in [0.29, 0.717) is 19.4 Å². The molecule has 1 saturated heterocycles. The standard InChI is InChI=1S/C18H22F3N3O4/c1-2-4-11-13(6-5-12(15(11)26)16(22)18(19,20)21)28-10-3-9-24-14(25)7-8-23-17(24)27/h5-6,22,26H,2-4,7-10H2,1H3,(H,23,27). The second-order valence-corrected chi connectivity index (χ2v) is 6.29. The first-order valence-corrected chi connectivity index (χ1v) is 8.88. The van der Waals surface area contributed by atoms with Gasteiger partial charge in [-0.2, -0.15) is 13.2 Å². The van der Waals surface area contributed by atoms with Gasteiger partial charge in [0.2, 0.25) is 5.91 Å². The summed E-state index contributed by atoms with van der Waals surface area (Å²) in [4.78, 5) is 24.4. The average molecular weight is 401 g/mol. The molecule has 3 amide bonds. The predicted molar refractivity (Wildman–Crippen MR) is 94.8 cm³/mol. The number of amides is 3. The number of hydrogen-bond donors (Lipinski definition) is 3. The van der Waals surface area contributed by atoms with E-state index in [-0.39, 0.29) is 43.2 Å². The molecule has 0 unspecified atom stereocenters. The van der Waals surface area contributed by atoms with Gasteiger partial charge < -0.3 is 15.2 Å². The predicted octanol–water partition coefficient (Wildman–Crippen LogP) is 2.99. The lowest BCUT2D eigenvalue weighted by Gasteiger charge is -2.25. The van der Waals surface area contributed by atoms with Gasteiger partial charge in [-0.1, -0.05) is 13.3 Å². The lowest BCUT2D eigenvalue weighted by atomic mass is 10.00. The second kappa shape index (κ2) is 8.94. The number of benzene rings is 1. The molecule has 7 nitrogen and oxygen atoms in total. The summed E-state index contributed by atoms with van der Waals surface area (Å²) in [6, 6.07) is 1.83. The average Bonchev–Trinajstić information content (AvgIpc) is 2.62. The van der Waals surface area contributed by atoms with Crippen LogP contribution in [-0.4, -0.2) is 53.5 Å². The van der Waals surface area contributed by atoms with Crippen molar-refractivity contribution in [2.75, 3.05) is 19.7 Å². The van der Waals surface area contributed by atoms with Gasteiger partial charge in [-0.25, -0.2) is 4.79 Å². The third-order valence-corrected chi connectivity index (χ3v) is 4.24. The number of aromatic hydroxyl groups is 1. The van der Waals surface area contributed by atoms with Crippen LogP contribution in [0.5, 0.6) is 11.5 Å². The molecular weight excluding hydrogens is 379 g/mol. The second-order valence-electron chi connectivity index (χ2n) is 6.29. The SMILES string of the molecule is CCCc1c(OCCCN2C(=O)CCNC2=O)ccc(C(=N)C(F)(F)F)c1O. The van der Waals surface area contributed by atoms with Crippen molar-refractivity contribution in [3.63, 3.8) is 0 Å². The first-order valence-electron chi connectivity index (χ1n) is 8.88. The Kier molecular flexibility index (Phi) is 6.87. The summed E-state index contributed by atoms with van der Waals surface area (Å²) >= 11 is 0. The van der Waals surface area contributed by atoms with E-state index in [1.165, 1.54) is 6.07 Å². The number of alkyl halides is 3. The maximum absolute atomic E-state index is 12.8. The number of ether oxygens (including phenoxy) is 1. The summed E-state index contributed by atoms with van der Waals surface area (Å²) in [5.41, 5.74) is -2.02. The van der Waals surface area contributed by atoms with Crippen molar-refractivity contribution in [3.05, 3.63) is 23.3 Å². The molecule has 1 aromatic carbocycles. The number of nitrogens with zero attached hydrogens (tertiary/aromatic N) is 1. The Morgan fingerprint density at radius 1 is 1.36 bits per heavy atom. The smallest absolute Gasteiger partial charge is 0.433 e. The zero-order valence-electron chi connectivity index (χ0n) is 15.4. The summed E-state index contributed by atoms with van der Waals surface area (Å²) in [6.45, 7) is 2.36. The highest BCUT2D eigenvalue weighted by Gasteiger charge is 2.37. The minimum absolute atomic E-state index is 0.100. The Morgan fingerprint density at radius 3 is 2.68 bits per heavy atom. The maximum Gasteiger partial charge on any atom is 0.433 e. The maximum atomic E-state index is 12.8. The molecule has 1 heterocycles. The molecule has 0 spiro atoms. The van der Waals surface area contributed by atoms with Gasteiger partial charge >= 0.3 is 12.2 Å². The van der Waals surface area contributed by atoms with E-state index in [4.69, 9.17) is 10.1 Å². The molecule has 0 bridgehead atoms. The molecule has 2 rings (SSSR count). The van der Waals surface area contributed by atoms with Gasteiger partial charge in [0, 0.05) is 30.6 Å². The Hall–Kier alpha value is -2.78. The molecule has 1 aliphatic heterocycles. The number of rotatable bonds is 8. The number of carbonyl (C=O) groups is 2. The van der Waals surface area contributed by atoms with E-state index < -0.39 is 29.2 Å². The van der Waals surface area contributed by atoms with Crippen molar-refractivity contribution < 1.29 is 32.6 Å². The highest BCUT2D eigenvalue weighted by atomic mass is 19.4. The fraction of sp³-hybridized carbons (Fsp3) is 0.500. The molecule has 0 saturated carbocycles. The quantitative estimate of drug-likeness (QED) is 0.460. The molecule has 154 valence electrons. The molecule has 10 heteroatoms. The molecule has 1 aromatic rings. The van der Waals surface area contributed by atoms with Crippen LogP contribution < -0.4 is 10.1 Å². The summed E-state index contributed by atoms with van der Waals surface area (Å²) < 4.78 is 43.9. The van der Waals surface area contributed by atoms with Crippen molar-refractivity contribution >= 4 is 17.6 Å². The summed E-state index contributed by atoms with van der Waals surface area (Å²) in [5.74, 6) is -0.678. The van der Waals surface area contributed by atoms with Gasteiger partial charge in [0.25, 0.3) is 0 Å². The first kappa shape index (κ1) is 21.5. The van der Waals surface area contributed by atoms with Crippen LogP contribution >= 0.6 is 0 Å². The number of phenolic OH excluding ortho intramolecular Hbond substituents is 1. The number of imide groups is 1. The first-order chi connectivity index (χ1) is 13.2. The fourth-order valence-corrected chi connectivity index (χ4v) is 2.85. The summed E-state index contributed by atoms with van der Waals surface area (Å²) in [6.07, 6.45) is -3.49. The van der Waals surface area contributed by atoms with Crippen LogP contribution in [0.2, 0.25) is 0 Å². The van der Waals surface area contributed by atoms with Crippen molar-refractivity contribution in [2.24, 2.45) is 0 Å². The molecule has 1 fully saturated rings. The van der Waals surface area contributed by atoms with Gasteiger partial charge in [-0.05, 0) is 25.0 Å². The van der Waals surface area contributed by atoms with Crippen molar-refractivity contribution in [3.8, 4) is 11.5 Å². The number of halogens is 3. The third kappa shape index (κ3) is 4.93. The van der Waals surface area contributed by atoms with E-state index in [2.05, 4.69) is 5.32 Å². The van der Waals surface area contributed by atoms with Gasteiger partial charge in [0.1, 0.15) is 17.2 Å². The Labute approximate surface area is 160 Å². The Morgan fingerprint density at radius 2 is 2.07 bits per heavy atom. The van der Waals surface area contributed by atoms with Crippen LogP contribution in [0.3, 0.4) is 0 Å². The van der Waals surface area contributed by atoms with Crippen LogP contribution in [0, 0.1) is 5.41 Å². The van der Waals surface area contributed by atoms with E-state index in [1.807, 2.05) is 0 Å². The zero-order valence-corrected chi connectivity index (χ0v) is 15.4. The largest absolute Gasteiger partial charge is 0.507 e. The Balaban J connectivity index is 2.06. The normalized spacial score (nSPS) is 14.8. The topological polar surface area (TPSA) is 103 Å². The van der Waals surface area contributed by atoms with Crippen molar-refractivity contribution in [1.29, 1.82) is 5.41 Å². The van der Waals surface area contributed by atoms with Gasteiger partial charge in [-0.3, -0.25) is 15.1 Å². The molecule has 0 radical (unpaired) electrons. The third-order valence-electron chi connectivity index (χ3n) is 4.24. The van der Waals surface area contributed by atoms with Crippen LogP contribution in [0.4, 0.5) is 18.0 Å². The van der Waals surface area contributed by atoms with Crippen molar-refractivity contribution in [1.82, 2.24) is 10.2 Å². The molecule has 28 heavy (non-hydrogen) atoms. The van der Waals surface area contributed by atoms with E-state index in [9.17, 15) is 27.9 Å². The lowest BCUT2D eigenvalue weighted by molar-refractivity contribution is -0.129. The lowest BCUT2D eigenvalue weighted by Crippen LogP contribution is -2.50. The molecule has 0 atom stereocenters. The highest BCUT2D eigenvalue weighted by Crippen LogP contribution is 2.35. The Bertz CT molecular complexity index is 749. The number of hydrogen-bond acceptors (Lipinski definition) is 5. The highest BCUT2D eigenvalue weighted by molar-refractivity contribution is 6.05. The van der Waals surface area contributed by atoms with Gasteiger partial charge in [-0.15, -0.1) is 0 Å². The molecule has 0 aromatic heterocycles. The molecule has 3 N–H and O–H groups in total. The molecule has 1 aliphatic rings. The molecule has 0 aliphatic carbocycles. The number of carbonyl (C=O) groups excluding carboxylic acids is 2. The fourth-order valence-electron chi connectivity index (χ4n) is 2.85. The van der Waals surface area contributed by atoms with Gasteiger partial charge in [0.15, 0.2) is 0 Å². The van der Waals surface area contributed by atoms with Crippen LogP contribution in [0.15, 0.2) is 12.1 Å². The minimum Gasteiger partial charge on any atom is -0.507 e. The number of urea groups is 1. The van der Waals surface area contributed by atoms with Crippen LogP contribution in [0.1, 0.15) is 37.3 Å². The minimum atomic E-state index is -4.87. The van der Waals surface area contributed by atoms with E-state index in [1.54, 1.807) is 6.92 Å². The monoisotopic (exact) mass is 401 g/mol. The molecular formula is C18H22F3N3O4. The summed E-state index contributed by atoms with van der Waals surface area (Å²) in [5, 5.41) is 20.0. The summed E-state index contributed by atoms with van der Waals surface area (Å²) in [7, 11) is 0. The van der Waals surface area contributed by atoms with Crippen LogP contribution in [0.25, 0.3) is 0 Å². The van der Waals surface area contributed by atoms with E-state index in [0.717, 1.165) is 11.0 Å². The van der Waals surface area contributed by atoms with Gasteiger partial charge in [0.05, 0.1) is 6.61 Å².